The van der Waals surface area contributed by atoms with Crippen molar-refractivity contribution in [1.82, 2.24) is 10.6 Å². The summed E-state index contributed by atoms with van der Waals surface area (Å²) >= 11 is 16.0. The molecule has 1 aromatic heterocycles. The third-order valence-electron chi connectivity index (χ3n) is 10.00. The Labute approximate surface area is 366 Å². The number of carbonyl (C=O) groups is 4. The van der Waals surface area contributed by atoms with Crippen molar-refractivity contribution >= 4 is 103 Å². The van der Waals surface area contributed by atoms with Gasteiger partial charge in [0.05, 0.1) is 23.9 Å². The first kappa shape index (κ1) is 44.0. The number of hydrogen-bond acceptors (Lipinski definition) is 9. The van der Waals surface area contributed by atoms with Gasteiger partial charge in [-0.1, -0.05) is 89.6 Å². The number of hydrogen-bond donors (Lipinski definition) is 4. The van der Waals surface area contributed by atoms with Gasteiger partial charge in [0.1, 0.15) is 16.8 Å². The van der Waals surface area contributed by atoms with Crippen LogP contribution >= 0.6 is 46.3 Å². The maximum atomic E-state index is 13.5. The van der Waals surface area contributed by atoms with Crippen molar-refractivity contribution in [2.75, 3.05) is 34.5 Å². The molecule has 4 N–H and O–H groups in total. The number of halogens is 2. The van der Waals surface area contributed by atoms with Crippen molar-refractivity contribution in [1.29, 1.82) is 0 Å². The third kappa shape index (κ3) is 10.8. The molecule has 60 heavy (non-hydrogen) atoms. The molecule has 0 aliphatic carbocycles. The van der Waals surface area contributed by atoms with E-state index in [2.05, 4.69) is 22.8 Å². The van der Waals surface area contributed by atoms with Crippen molar-refractivity contribution < 1.29 is 34.0 Å². The van der Waals surface area contributed by atoms with Gasteiger partial charge in [0.15, 0.2) is 0 Å². The van der Waals surface area contributed by atoms with Crippen LogP contribution in [0.5, 0.6) is 0 Å². The van der Waals surface area contributed by atoms with Crippen molar-refractivity contribution in [2.45, 2.75) is 57.3 Å². The summed E-state index contributed by atoms with van der Waals surface area (Å²) in [7, 11) is 0. The Bertz CT molecular complexity index is 2430. The number of carbonyl (C=O) groups excluding carboxylic acids is 2. The molecule has 1 aliphatic rings. The van der Waals surface area contributed by atoms with Crippen LogP contribution in [0.15, 0.2) is 119 Å². The van der Waals surface area contributed by atoms with E-state index >= 15 is 0 Å². The number of carboxylic acid groups (broad SMARTS) is 2. The Morgan fingerprint density at radius 1 is 0.817 bits per heavy atom. The minimum absolute atomic E-state index is 0.0738. The standard InChI is InChI=1S/C44H44Cl2N6O6S2/c1-4-30(22-42-52(36-24-32(46)16-18-38(36)60-42)27-48-40(54)25-50(29(3)44(57)58)34-13-9-6-10-14-34)21-41-51(35-23-31(45)15-17-37(35)59-41)26-47-39(53)19-20-49(28(2)43(55)56)33-11-7-5-8-12-33/h5-18,21-24,28-29H,4,19-20,25-27H2,1-3H3,(H3-,47,48,53,54,55,56,57,58)/p+1. The van der Waals surface area contributed by atoms with E-state index < -0.39 is 24.0 Å². The second-order valence-electron chi connectivity index (χ2n) is 14.0. The van der Waals surface area contributed by atoms with E-state index in [1.165, 1.54) is 0 Å². The second-order valence-corrected chi connectivity index (χ2v) is 17.0. The molecule has 2 heterocycles. The zero-order chi connectivity index (χ0) is 42.9. The number of fused-ring (bicyclic) bond motifs is 2. The van der Waals surface area contributed by atoms with Crippen molar-refractivity contribution in [3.05, 3.63) is 129 Å². The van der Waals surface area contributed by atoms with E-state index in [-0.39, 0.29) is 44.7 Å². The highest BCUT2D eigenvalue weighted by molar-refractivity contribution is 8.03. The van der Waals surface area contributed by atoms with Crippen LogP contribution in [0.2, 0.25) is 10.0 Å². The fourth-order valence-corrected chi connectivity index (χ4v) is 9.18. The van der Waals surface area contributed by atoms with E-state index in [9.17, 15) is 29.4 Å². The molecule has 2 amide bonds. The predicted octanol–water partition coefficient (Wildman–Crippen LogP) is 8.24. The number of allylic oxidation sites excluding steroid dienone is 2. The summed E-state index contributed by atoms with van der Waals surface area (Å²) < 4.78 is 2.97. The lowest BCUT2D eigenvalue weighted by molar-refractivity contribution is -0.672. The molecule has 16 heteroatoms. The highest BCUT2D eigenvalue weighted by Crippen LogP contribution is 2.47. The largest absolute Gasteiger partial charge is 0.480 e. The maximum absolute atomic E-state index is 13.5. The zero-order valence-electron chi connectivity index (χ0n) is 33.2. The smallest absolute Gasteiger partial charge is 0.326 e. The van der Waals surface area contributed by atoms with E-state index in [0.29, 0.717) is 27.8 Å². The topological polar surface area (TPSA) is 146 Å². The van der Waals surface area contributed by atoms with Gasteiger partial charge in [-0.15, -0.1) is 0 Å². The van der Waals surface area contributed by atoms with Gasteiger partial charge in [-0.3, -0.25) is 9.59 Å². The highest BCUT2D eigenvalue weighted by atomic mass is 35.5. The van der Waals surface area contributed by atoms with E-state index in [0.717, 1.165) is 36.4 Å². The number of nitrogens with one attached hydrogen (secondary N) is 2. The number of aromatic nitrogens is 1. The SMILES string of the molecule is CCC(=Cc1sc2ccc(Cl)cc2[n+]1CNC(=O)CCN(c1ccccc1)C(C)C(=O)O)C=C1Sc2ccc(Cl)cc2N1CNC(=O)CN(c1ccccc1)C(C)C(=O)O. The first-order valence-corrected chi connectivity index (χ1v) is 21.6. The molecule has 0 saturated carbocycles. The predicted molar refractivity (Wildman–Crippen MR) is 241 cm³/mol. The lowest BCUT2D eigenvalue weighted by Crippen LogP contribution is -2.47. The minimum Gasteiger partial charge on any atom is -0.480 e. The van der Waals surface area contributed by atoms with Gasteiger partial charge in [0.2, 0.25) is 24.0 Å². The quantitative estimate of drug-likeness (QED) is 0.0635. The molecule has 312 valence electrons. The fourth-order valence-electron chi connectivity index (χ4n) is 6.61. The van der Waals surface area contributed by atoms with Gasteiger partial charge < -0.3 is 35.5 Å². The first-order chi connectivity index (χ1) is 28.8. The van der Waals surface area contributed by atoms with Crippen molar-refractivity contribution in [2.24, 2.45) is 0 Å². The normalized spacial score (nSPS) is 14.1. The van der Waals surface area contributed by atoms with Crippen LogP contribution in [0.4, 0.5) is 17.1 Å². The number of rotatable bonds is 18. The van der Waals surface area contributed by atoms with Crippen molar-refractivity contribution in [3.8, 4) is 0 Å². The number of carboxylic acids is 2. The minimum atomic E-state index is -1.04. The lowest BCUT2D eigenvalue weighted by Gasteiger charge is -2.29. The number of benzene rings is 4. The summed E-state index contributed by atoms with van der Waals surface area (Å²) in [5, 5.41) is 28.4. The molecule has 12 nitrogen and oxygen atoms in total. The van der Waals surface area contributed by atoms with Crippen molar-refractivity contribution in [3.63, 3.8) is 0 Å². The number of para-hydroxylation sites is 2. The molecule has 2 atom stereocenters. The van der Waals surface area contributed by atoms with Gasteiger partial charge in [-0.05, 0) is 86.5 Å². The van der Waals surface area contributed by atoms with Gasteiger partial charge in [0, 0.05) is 51.4 Å². The molecule has 4 aromatic carbocycles. The monoisotopic (exact) mass is 887 g/mol. The first-order valence-electron chi connectivity index (χ1n) is 19.2. The van der Waals surface area contributed by atoms with Crippen LogP contribution in [0.1, 0.15) is 38.6 Å². The second kappa shape index (κ2) is 20.1. The Hall–Kier alpha value is -5.54. The Morgan fingerprint density at radius 3 is 2.08 bits per heavy atom. The van der Waals surface area contributed by atoms with Gasteiger partial charge in [-0.25, -0.2) is 9.59 Å². The summed E-state index contributed by atoms with van der Waals surface area (Å²) in [5.41, 5.74) is 3.98. The fraction of sp³-hybridized carbons (Fsp3) is 0.250. The number of thiazole rings is 1. The van der Waals surface area contributed by atoms with Gasteiger partial charge in [-0.2, -0.15) is 4.57 Å². The van der Waals surface area contributed by atoms with Crippen LogP contribution in [-0.4, -0.2) is 65.8 Å². The molecule has 0 bridgehead atoms. The molecule has 2 unspecified atom stereocenters. The highest BCUT2D eigenvalue weighted by Gasteiger charge is 2.29. The number of aliphatic carboxylic acids is 2. The maximum Gasteiger partial charge on any atom is 0.326 e. The molecule has 0 fully saturated rings. The molecule has 5 aromatic rings. The molecule has 0 saturated heterocycles. The van der Waals surface area contributed by atoms with Crippen LogP contribution in [0.3, 0.4) is 0 Å². The summed E-state index contributed by atoms with van der Waals surface area (Å²) in [5.74, 6) is -2.62. The Kier molecular flexibility index (Phi) is 14.8. The summed E-state index contributed by atoms with van der Waals surface area (Å²) in [6.45, 7) is 5.49. The molecule has 0 spiro atoms. The average Bonchev–Trinajstić information content (AvgIpc) is 3.76. The van der Waals surface area contributed by atoms with E-state index in [4.69, 9.17) is 23.2 Å². The van der Waals surface area contributed by atoms with Crippen LogP contribution in [0, 0.1) is 0 Å². The molecule has 0 radical (unpaired) electrons. The average molecular weight is 889 g/mol. The number of anilines is 3. The third-order valence-corrected chi connectivity index (χ3v) is 12.7. The summed E-state index contributed by atoms with van der Waals surface area (Å²) in [4.78, 5) is 56.9. The Morgan fingerprint density at radius 2 is 1.43 bits per heavy atom. The molecular formula is C44H45Cl2N6O6S2+. The zero-order valence-corrected chi connectivity index (χ0v) is 36.3. The number of thioether (sulfide) groups is 1. The van der Waals surface area contributed by atoms with Crippen LogP contribution < -0.4 is 29.9 Å². The van der Waals surface area contributed by atoms with E-state index in [1.54, 1.807) is 71.0 Å². The molecular weight excluding hydrogens is 844 g/mol. The van der Waals surface area contributed by atoms with Crippen LogP contribution in [0.25, 0.3) is 16.3 Å². The van der Waals surface area contributed by atoms with Gasteiger partial charge in [0.25, 0.3) is 5.01 Å². The van der Waals surface area contributed by atoms with Crippen LogP contribution in [-0.2, 0) is 25.8 Å². The number of amides is 2. The number of nitrogens with zero attached hydrogens (tertiary/aromatic N) is 4. The molecule has 6 rings (SSSR count). The van der Waals surface area contributed by atoms with E-state index in [1.807, 2.05) is 89.2 Å². The summed E-state index contributed by atoms with van der Waals surface area (Å²) in [6, 6.07) is 27.6. The summed E-state index contributed by atoms with van der Waals surface area (Å²) in [6.07, 6.45) is 4.86. The molecule has 1 aliphatic heterocycles. The Balaban J connectivity index is 1.23. The van der Waals surface area contributed by atoms with Gasteiger partial charge >= 0.3 is 11.9 Å². The lowest BCUT2D eigenvalue weighted by atomic mass is 10.2.